The number of para-hydroxylation sites is 2. The SMILES string of the molecule is CC(=O)c1ccc(-c2cnn3ccc(C(=O)Nc4ccccc4N4CCNCC4)nc23)cc1. The minimum absolute atomic E-state index is 0.0135. The van der Waals surface area contributed by atoms with E-state index in [1.54, 1.807) is 35.1 Å². The van der Waals surface area contributed by atoms with E-state index >= 15 is 0 Å². The first-order chi connectivity index (χ1) is 16.1. The maximum Gasteiger partial charge on any atom is 0.274 e. The molecule has 1 aliphatic rings. The molecule has 2 aromatic heterocycles. The van der Waals surface area contributed by atoms with E-state index < -0.39 is 0 Å². The number of amides is 1. The summed E-state index contributed by atoms with van der Waals surface area (Å²) >= 11 is 0. The maximum atomic E-state index is 13.1. The number of rotatable bonds is 5. The molecule has 0 saturated carbocycles. The van der Waals surface area contributed by atoms with Crippen LogP contribution in [0.4, 0.5) is 11.4 Å². The lowest BCUT2D eigenvalue weighted by molar-refractivity contribution is 0.101. The van der Waals surface area contributed by atoms with E-state index in [0.29, 0.717) is 16.9 Å². The number of ketones is 1. The number of Topliss-reactive ketones (excluding diaryl/α,β-unsaturated/α-hetero) is 1. The molecule has 33 heavy (non-hydrogen) atoms. The Morgan fingerprint density at radius 3 is 2.52 bits per heavy atom. The second-order valence-corrected chi connectivity index (χ2v) is 7.98. The van der Waals surface area contributed by atoms with Gasteiger partial charge in [-0.05, 0) is 30.7 Å². The molecule has 0 unspecified atom stereocenters. The van der Waals surface area contributed by atoms with E-state index in [2.05, 4.69) is 25.6 Å². The number of carbonyl (C=O) groups excluding carboxylic acids is 2. The molecular formula is C25H24N6O2. The topological polar surface area (TPSA) is 91.6 Å². The van der Waals surface area contributed by atoms with Crippen LogP contribution in [0.5, 0.6) is 0 Å². The lowest BCUT2D eigenvalue weighted by Gasteiger charge is -2.31. The van der Waals surface area contributed by atoms with Gasteiger partial charge in [0, 0.05) is 43.5 Å². The molecule has 1 aliphatic heterocycles. The Bertz CT molecular complexity index is 1320. The van der Waals surface area contributed by atoms with Gasteiger partial charge in [-0.3, -0.25) is 9.59 Å². The molecule has 0 bridgehead atoms. The summed E-state index contributed by atoms with van der Waals surface area (Å²) in [5, 5.41) is 10.7. The number of nitrogens with zero attached hydrogens (tertiary/aromatic N) is 4. The van der Waals surface area contributed by atoms with Crippen LogP contribution in [0.15, 0.2) is 67.0 Å². The van der Waals surface area contributed by atoms with Crippen LogP contribution >= 0.6 is 0 Å². The second kappa shape index (κ2) is 8.84. The molecule has 5 rings (SSSR count). The average molecular weight is 441 g/mol. The normalized spacial score (nSPS) is 13.8. The summed E-state index contributed by atoms with van der Waals surface area (Å²) in [4.78, 5) is 31.6. The zero-order valence-electron chi connectivity index (χ0n) is 18.3. The van der Waals surface area contributed by atoms with Crippen molar-refractivity contribution in [1.29, 1.82) is 0 Å². The molecule has 0 spiro atoms. The Balaban J connectivity index is 1.43. The summed E-state index contributed by atoms with van der Waals surface area (Å²) in [5.74, 6) is -0.265. The van der Waals surface area contributed by atoms with Crippen molar-refractivity contribution >= 4 is 28.7 Å². The number of hydrogen-bond donors (Lipinski definition) is 2. The van der Waals surface area contributed by atoms with Crippen LogP contribution in [0, 0.1) is 0 Å². The molecule has 0 aliphatic carbocycles. The smallest absolute Gasteiger partial charge is 0.274 e. The summed E-state index contributed by atoms with van der Waals surface area (Å²) in [6, 6.07) is 16.8. The fourth-order valence-corrected chi connectivity index (χ4v) is 4.03. The van der Waals surface area contributed by atoms with Gasteiger partial charge in [0.25, 0.3) is 5.91 Å². The largest absolute Gasteiger partial charge is 0.367 e. The molecule has 166 valence electrons. The van der Waals surface area contributed by atoms with Crippen LogP contribution in [0.1, 0.15) is 27.8 Å². The van der Waals surface area contributed by atoms with E-state index in [1.807, 2.05) is 36.4 Å². The van der Waals surface area contributed by atoms with Gasteiger partial charge in [-0.2, -0.15) is 5.10 Å². The number of hydrogen-bond acceptors (Lipinski definition) is 6. The van der Waals surface area contributed by atoms with E-state index in [9.17, 15) is 9.59 Å². The van der Waals surface area contributed by atoms with Crippen LogP contribution in [0.25, 0.3) is 16.8 Å². The second-order valence-electron chi connectivity index (χ2n) is 7.98. The number of piperazine rings is 1. The number of fused-ring (bicyclic) bond motifs is 1. The highest BCUT2D eigenvalue weighted by Gasteiger charge is 2.18. The van der Waals surface area contributed by atoms with Gasteiger partial charge >= 0.3 is 0 Å². The van der Waals surface area contributed by atoms with Crippen LogP contribution in [-0.2, 0) is 0 Å². The van der Waals surface area contributed by atoms with Crippen LogP contribution in [0.2, 0.25) is 0 Å². The van der Waals surface area contributed by atoms with Crippen molar-refractivity contribution in [3.05, 3.63) is 78.2 Å². The van der Waals surface area contributed by atoms with Crippen molar-refractivity contribution in [2.24, 2.45) is 0 Å². The predicted octanol–water partition coefficient (Wildman–Crippen LogP) is 3.26. The Morgan fingerprint density at radius 2 is 1.76 bits per heavy atom. The van der Waals surface area contributed by atoms with Crippen molar-refractivity contribution in [1.82, 2.24) is 19.9 Å². The highest BCUT2D eigenvalue weighted by Crippen LogP contribution is 2.27. The third-order valence-corrected chi connectivity index (χ3v) is 5.81. The highest BCUT2D eigenvalue weighted by atomic mass is 16.2. The summed E-state index contributed by atoms with van der Waals surface area (Å²) in [7, 11) is 0. The van der Waals surface area contributed by atoms with Gasteiger partial charge in [0.1, 0.15) is 5.69 Å². The molecule has 2 N–H and O–H groups in total. The zero-order valence-corrected chi connectivity index (χ0v) is 18.3. The Kier molecular flexibility index (Phi) is 5.58. The molecule has 1 fully saturated rings. The quantitative estimate of drug-likeness (QED) is 0.463. The number of benzene rings is 2. The van der Waals surface area contributed by atoms with Gasteiger partial charge in [0.15, 0.2) is 11.4 Å². The van der Waals surface area contributed by atoms with Gasteiger partial charge in [-0.25, -0.2) is 9.50 Å². The number of anilines is 2. The standard InChI is InChI=1S/C25H24N6O2/c1-17(32)18-6-8-19(9-7-18)20-16-27-31-13-10-22(28-24(20)31)25(33)29-21-4-2-3-5-23(21)30-14-11-26-12-15-30/h2-10,13,16,26H,11-12,14-15H2,1H3,(H,29,33). The van der Waals surface area contributed by atoms with Gasteiger partial charge in [-0.15, -0.1) is 0 Å². The van der Waals surface area contributed by atoms with Crippen LogP contribution in [-0.4, -0.2) is 52.5 Å². The summed E-state index contributed by atoms with van der Waals surface area (Å²) < 4.78 is 1.64. The Hall–Kier alpha value is -4.04. The van der Waals surface area contributed by atoms with E-state index in [1.165, 1.54) is 6.92 Å². The molecule has 8 heteroatoms. The molecular weight excluding hydrogens is 416 g/mol. The summed E-state index contributed by atoms with van der Waals surface area (Å²) in [5.41, 5.74) is 4.97. The minimum atomic E-state index is -0.279. The van der Waals surface area contributed by atoms with Gasteiger partial charge < -0.3 is 15.5 Å². The number of carbonyl (C=O) groups is 2. The van der Waals surface area contributed by atoms with Crippen molar-refractivity contribution < 1.29 is 9.59 Å². The van der Waals surface area contributed by atoms with Crippen molar-refractivity contribution in [3.63, 3.8) is 0 Å². The number of nitrogens with one attached hydrogen (secondary N) is 2. The fraction of sp³-hybridized carbons (Fsp3) is 0.200. The zero-order chi connectivity index (χ0) is 22.8. The molecule has 0 radical (unpaired) electrons. The third-order valence-electron chi connectivity index (χ3n) is 5.81. The molecule has 8 nitrogen and oxygen atoms in total. The predicted molar refractivity (Wildman–Crippen MR) is 128 cm³/mol. The lowest BCUT2D eigenvalue weighted by atomic mass is 10.1. The van der Waals surface area contributed by atoms with Gasteiger partial charge in [-0.1, -0.05) is 36.4 Å². The fourth-order valence-electron chi connectivity index (χ4n) is 4.03. The van der Waals surface area contributed by atoms with Crippen LogP contribution < -0.4 is 15.5 Å². The summed E-state index contributed by atoms with van der Waals surface area (Å²) in [6.07, 6.45) is 3.44. The maximum absolute atomic E-state index is 13.1. The minimum Gasteiger partial charge on any atom is -0.367 e. The van der Waals surface area contributed by atoms with Gasteiger partial charge in [0.05, 0.1) is 17.6 Å². The van der Waals surface area contributed by atoms with Gasteiger partial charge in [0.2, 0.25) is 0 Å². The first-order valence-electron chi connectivity index (χ1n) is 10.9. The molecule has 0 atom stereocenters. The Labute approximate surface area is 191 Å². The molecule has 3 heterocycles. The first-order valence-corrected chi connectivity index (χ1v) is 10.9. The third kappa shape index (κ3) is 4.20. The number of aromatic nitrogens is 3. The van der Waals surface area contributed by atoms with E-state index in [-0.39, 0.29) is 11.7 Å². The average Bonchev–Trinajstić information content (AvgIpc) is 3.28. The monoisotopic (exact) mass is 440 g/mol. The Morgan fingerprint density at radius 1 is 1.00 bits per heavy atom. The van der Waals surface area contributed by atoms with Crippen molar-refractivity contribution in [3.8, 4) is 11.1 Å². The van der Waals surface area contributed by atoms with Crippen molar-refractivity contribution in [2.75, 3.05) is 36.4 Å². The molecule has 4 aromatic rings. The lowest BCUT2D eigenvalue weighted by Crippen LogP contribution is -2.43. The van der Waals surface area contributed by atoms with Crippen molar-refractivity contribution in [2.45, 2.75) is 6.92 Å². The van der Waals surface area contributed by atoms with E-state index in [4.69, 9.17) is 0 Å². The van der Waals surface area contributed by atoms with Crippen LogP contribution in [0.3, 0.4) is 0 Å². The summed E-state index contributed by atoms with van der Waals surface area (Å²) in [6.45, 7) is 5.14. The first kappa shape index (κ1) is 20.8. The highest BCUT2D eigenvalue weighted by molar-refractivity contribution is 6.05. The molecule has 2 aromatic carbocycles. The molecule has 1 saturated heterocycles. The van der Waals surface area contributed by atoms with E-state index in [0.717, 1.165) is 48.7 Å². The molecule has 1 amide bonds.